The number of benzene rings is 2. The first-order valence-corrected chi connectivity index (χ1v) is 8.55. The molecule has 0 unspecified atom stereocenters. The van der Waals surface area contributed by atoms with Gasteiger partial charge in [-0.05, 0) is 48.0 Å². The van der Waals surface area contributed by atoms with Gasteiger partial charge in [-0.1, -0.05) is 41.6 Å². The van der Waals surface area contributed by atoms with Crippen LogP contribution >= 0.6 is 0 Å². The fraction of sp³-hybridized carbons (Fsp3) is 0.0476. The van der Waals surface area contributed by atoms with Gasteiger partial charge in [-0.2, -0.15) is 0 Å². The van der Waals surface area contributed by atoms with E-state index >= 15 is 0 Å². The minimum absolute atomic E-state index is 0.106. The molecule has 1 amide bonds. The van der Waals surface area contributed by atoms with Crippen molar-refractivity contribution >= 4 is 34.8 Å². The third kappa shape index (κ3) is 4.07. The number of hydrogen-bond donors (Lipinski definition) is 1. The van der Waals surface area contributed by atoms with Gasteiger partial charge in [0.2, 0.25) is 5.91 Å². The molecule has 2 heterocycles. The minimum atomic E-state index is -0.156. The van der Waals surface area contributed by atoms with Gasteiger partial charge >= 0.3 is 0 Å². The zero-order valence-corrected chi connectivity index (χ0v) is 14.5. The molecule has 4 rings (SSSR count). The summed E-state index contributed by atoms with van der Waals surface area (Å²) in [7, 11) is 0. The van der Waals surface area contributed by atoms with E-state index in [-0.39, 0.29) is 12.5 Å². The number of carbonyl (C=O) groups is 1. The maximum atomic E-state index is 12.4. The van der Waals surface area contributed by atoms with Gasteiger partial charge in [0.15, 0.2) is 0 Å². The molecule has 6 nitrogen and oxygen atoms in total. The van der Waals surface area contributed by atoms with Crippen LogP contribution in [-0.2, 0) is 11.3 Å². The maximum Gasteiger partial charge on any atom is 0.246 e. The maximum absolute atomic E-state index is 12.4. The second-order valence-electron chi connectivity index (χ2n) is 6.00. The Hall–Kier alpha value is -3.80. The van der Waals surface area contributed by atoms with Crippen LogP contribution in [0.4, 0.5) is 5.69 Å². The number of nitrogens with one attached hydrogen (secondary N) is 1. The topological polar surface area (TPSA) is 72.7 Å². The van der Waals surface area contributed by atoms with Gasteiger partial charge < -0.3 is 5.32 Å². The molecule has 2 aromatic heterocycles. The number of para-hydroxylation sites is 1. The lowest BCUT2D eigenvalue weighted by Crippen LogP contribution is -2.19. The summed E-state index contributed by atoms with van der Waals surface area (Å²) in [4.78, 5) is 16.6. The summed E-state index contributed by atoms with van der Waals surface area (Å²) in [6, 6.07) is 21.0. The second-order valence-corrected chi connectivity index (χ2v) is 6.00. The van der Waals surface area contributed by atoms with Crippen molar-refractivity contribution in [2.75, 3.05) is 5.32 Å². The summed E-state index contributed by atoms with van der Waals surface area (Å²) in [5.74, 6) is -0.156. The molecule has 0 saturated carbocycles. The smallest absolute Gasteiger partial charge is 0.246 e. The first-order chi connectivity index (χ1) is 13.3. The highest BCUT2D eigenvalue weighted by Crippen LogP contribution is 2.14. The molecule has 0 fully saturated rings. The van der Waals surface area contributed by atoms with E-state index in [0.29, 0.717) is 0 Å². The van der Waals surface area contributed by atoms with Crippen LogP contribution in [0.3, 0.4) is 0 Å². The van der Waals surface area contributed by atoms with Crippen LogP contribution in [0.15, 0.2) is 72.9 Å². The molecule has 4 aromatic rings. The van der Waals surface area contributed by atoms with E-state index in [9.17, 15) is 4.79 Å². The first-order valence-electron chi connectivity index (χ1n) is 8.55. The van der Waals surface area contributed by atoms with Gasteiger partial charge in [-0.3, -0.25) is 9.78 Å². The average molecular weight is 355 g/mol. The predicted molar refractivity (Wildman–Crippen MR) is 106 cm³/mol. The van der Waals surface area contributed by atoms with E-state index in [2.05, 4.69) is 20.6 Å². The van der Waals surface area contributed by atoms with Gasteiger partial charge in [-0.25, -0.2) is 4.68 Å². The lowest BCUT2D eigenvalue weighted by Gasteiger charge is -2.06. The van der Waals surface area contributed by atoms with E-state index in [1.54, 1.807) is 10.9 Å². The summed E-state index contributed by atoms with van der Waals surface area (Å²) in [6.07, 6.45) is 5.65. The fourth-order valence-electron chi connectivity index (χ4n) is 2.75. The minimum Gasteiger partial charge on any atom is -0.324 e. The van der Waals surface area contributed by atoms with Crippen LogP contribution in [-0.4, -0.2) is 25.9 Å². The van der Waals surface area contributed by atoms with Crippen molar-refractivity contribution in [1.82, 2.24) is 20.0 Å². The van der Waals surface area contributed by atoms with Crippen LogP contribution in [0.1, 0.15) is 11.3 Å². The Labute approximate surface area is 156 Å². The van der Waals surface area contributed by atoms with Crippen molar-refractivity contribution in [3.63, 3.8) is 0 Å². The van der Waals surface area contributed by atoms with Crippen LogP contribution in [0.5, 0.6) is 0 Å². The molecule has 0 radical (unpaired) electrons. The molecule has 6 heteroatoms. The van der Waals surface area contributed by atoms with Crippen molar-refractivity contribution in [3.8, 4) is 0 Å². The van der Waals surface area contributed by atoms with Crippen molar-refractivity contribution < 1.29 is 4.79 Å². The summed E-state index contributed by atoms with van der Waals surface area (Å²) in [5.41, 5.74) is 4.19. The highest BCUT2D eigenvalue weighted by Gasteiger charge is 2.08. The van der Waals surface area contributed by atoms with E-state index in [4.69, 9.17) is 0 Å². The molecule has 0 spiro atoms. The zero-order chi connectivity index (χ0) is 18.5. The molecule has 27 heavy (non-hydrogen) atoms. The lowest BCUT2D eigenvalue weighted by atomic mass is 10.1. The summed E-state index contributed by atoms with van der Waals surface area (Å²) >= 11 is 0. The molecule has 0 aliphatic rings. The van der Waals surface area contributed by atoms with Crippen molar-refractivity contribution in [2.45, 2.75) is 6.54 Å². The van der Waals surface area contributed by atoms with Crippen LogP contribution in [0.25, 0.3) is 23.2 Å². The Morgan fingerprint density at radius 2 is 1.89 bits per heavy atom. The van der Waals surface area contributed by atoms with Crippen LogP contribution in [0, 0.1) is 0 Å². The number of rotatable bonds is 5. The number of carbonyl (C=O) groups excluding carboxylic acids is 1. The van der Waals surface area contributed by atoms with Gasteiger partial charge in [0.05, 0.1) is 11.2 Å². The van der Waals surface area contributed by atoms with Gasteiger partial charge in [0.25, 0.3) is 0 Å². The normalized spacial score (nSPS) is 11.1. The van der Waals surface area contributed by atoms with Crippen molar-refractivity contribution in [1.29, 1.82) is 0 Å². The molecule has 0 saturated heterocycles. The zero-order valence-electron chi connectivity index (χ0n) is 14.5. The number of amides is 1. The third-order valence-electron chi connectivity index (χ3n) is 4.02. The Morgan fingerprint density at radius 3 is 2.78 bits per heavy atom. The van der Waals surface area contributed by atoms with Crippen LogP contribution in [0.2, 0.25) is 0 Å². The SMILES string of the molecule is O=C(Cn1nnc2ccccc21)Nc1cccc(/C=C/c2ccccn2)c1. The highest BCUT2D eigenvalue weighted by molar-refractivity contribution is 5.91. The summed E-state index contributed by atoms with van der Waals surface area (Å²) < 4.78 is 1.59. The standard InChI is InChI=1S/C21H17N5O/c27-21(15-26-20-10-2-1-9-19(20)24-25-26)23-18-8-5-6-16(14-18)11-12-17-7-3-4-13-22-17/h1-14H,15H2,(H,23,27)/b12-11+. The second kappa shape index (κ2) is 7.61. The first kappa shape index (κ1) is 16.7. The molecular weight excluding hydrogens is 338 g/mol. The van der Waals surface area contributed by atoms with Crippen molar-refractivity contribution in [3.05, 3.63) is 84.2 Å². The fourth-order valence-corrected chi connectivity index (χ4v) is 2.75. The van der Waals surface area contributed by atoms with Gasteiger partial charge in [0, 0.05) is 11.9 Å². The summed E-state index contributed by atoms with van der Waals surface area (Å²) in [5, 5.41) is 11.0. The van der Waals surface area contributed by atoms with Gasteiger partial charge in [-0.15, -0.1) is 5.10 Å². The predicted octanol–water partition coefficient (Wildman–Crippen LogP) is 3.64. The number of fused-ring (bicyclic) bond motifs is 1. The van der Waals surface area contributed by atoms with Gasteiger partial charge in [0.1, 0.15) is 12.1 Å². The highest BCUT2D eigenvalue weighted by atomic mass is 16.2. The number of anilines is 1. The number of nitrogens with zero attached hydrogens (tertiary/aromatic N) is 4. The molecule has 0 bridgehead atoms. The van der Waals surface area contributed by atoms with Crippen molar-refractivity contribution in [2.24, 2.45) is 0 Å². The van der Waals surface area contributed by atoms with E-state index in [1.165, 1.54) is 0 Å². The number of pyridine rings is 1. The Kier molecular flexibility index (Phi) is 4.70. The lowest BCUT2D eigenvalue weighted by molar-refractivity contribution is -0.116. The van der Waals surface area contributed by atoms with E-state index in [1.807, 2.05) is 78.9 Å². The summed E-state index contributed by atoms with van der Waals surface area (Å²) in [6.45, 7) is 0.106. The van der Waals surface area contributed by atoms with E-state index < -0.39 is 0 Å². The molecule has 0 aliphatic heterocycles. The number of aromatic nitrogens is 4. The monoisotopic (exact) mass is 355 g/mol. The third-order valence-corrected chi connectivity index (χ3v) is 4.02. The largest absolute Gasteiger partial charge is 0.324 e. The molecular formula is C21H17N5O. The Balaban J connectivity index is 1.45. The van der Waals surface area contributed by atoms with Crippen LogP contribution < -0.4 is 5.32 Å². The molecule has 2 aromatic carbocycles. The number of hydrogen-bond acceptors (Lipinski definition) is 4. The molecule has 0 aliphatic carbocycles. The Morgan fingerprint density at radius 1 is 1.00 bits per heavy atom. The average Bonchev–Trinajstić information content (AvgIpc) is 3.10. The van der Waals surface area contributed by atoms with E-state index in [0.717, 1.165) is 28.0 Å². The Bertz CT molecular complexity index is 1100. The quantitative estimate of drug-likeness (QED) is 0.593. The molecule has 132 valence electrons. The molecule has 1 N–H and O–H groups in total. The molecule has 0 atom stereocenters.